The van der Waals surface area contributed by atoms with E-state index in [2.05, 4.69) is 10.5 Å². The molecule has 3 aromatic rings. The third-order valence-electron chi connectivity index (χ3n) is 3.76. The van der Waals surface area contributed by atoms with Crippen molar-refractivity contribution in [2.45, 2.75) is 0 Å². The summed E-state index contributed by atoms with van der Waals surface area (Å²) in [6, 6.07) is 23.2. The molecular weight excluding hydrogens is 362 g/mol. The van der Waals surface area contributed by atoms with Gasteiger partial charge in [-0.2, -0.15) is 5.10 Å². The minimum absolute atomic E-state index is 0.0378. The van der Waals surface area contributed by atoms with Crippen molar-refractivity contribution in [2.24, 2.45) is 5.10 Å². The Bertz CT molecular complexity index is 967. The molecule has 1 N–H and O–H groups in total. The number of halogens is 1. The van der Waals surface area contributed by atoms with Crippen LogP contribution in [0.1, 0.15) is 11.1 Å². The van der Waals surface area contributed by atoms with Gasteiger partial charge in [0.1, 0.15) is 0 Å². The van der Waals surface area contributed by atoms with E-state index >= 15 is 0 Å². The zero-order valence-electron chi connectivity index (χ0n) is 14.2. The number of allylic oxidation sites excluding steroid dienone is 1. The lowest BCUT2D eigenvalue weighted by Crippen LogP contribution is -2.02. The summed E-state index contributed by atoms with van der Waals surface area (Å²) in [6.45, 7) is 0. The van der Waals surface area contributed by atoms with E-state index in [1.165, 1.54) is 12.1 Å². The van der Waals surface area contributed by atoms with E-state index in [0.717, 1.165) is 16.8 Å². The SMILES string of the molecule is O=[N+]([O-])c1ccc(C(C=Cc2ccc(Cl)cc2)=NNc2ccccc2)cc1. The first-order chi connectivity index (χ1) is 13.1. The van der Waals surface area contributed by atoms with Gasteiger partial charge >= 0.3 is 0 Å². The summed E-state index contributed by atoms with van der Waals surface area (Å²) in [5.74, 6) is 0. The zero-order chi connectivity index (χ0) is 19.1. The molecule has 0 atom stereocenters. The molecule has 0 aliphatic carbocycles. The lowest BCUT2D eigenvalue weighted by atomic mass is 10.1. The maximum absolute atomic E-state index is 10.9. The predicted molar refractivity (Wildman–Crippen MR) is 110 cm³/mol. The summed E-state index contributed by atoms with van der Waals surface area (Å²) in [7, 11) is 0. The molecule has 134 valence electrons. The van der Waals surface area contributed by atoms with Gasteiger partial charge in [0.05, 0.1) is 16.3 Å². The number of para-hydroxylation sites is 1. The fraction of sp³-hybridized carbons (Fsp3) is 0. The average molecular weight is 378 g/mol. The summed E-state index contributed by atoms with van der Waals surface area (Å²) in [5, 5.41) is 16.0. The number of hydrogen-bond donors (Lipinski definition) is 1. The summed E-state index contributed by atoms with van der Waals surface area (Å²) < 4.78 is 0. The fourth-order valence-corrected chi connectivity index (χ4v) is 2.46. The van der Waals surface area contributed by atoms with Gasteiger partial charge in [0.25, 0.3) is 5.69 Å². The van der Waals surface area contributed by atoms with Gasteiger partial charge in [0.2, 0.25) is 0 Å². The number of benzene rings is 3. The van der Waals surface area contributed by atoms with Crippen molar-refractivity contribution in [3.63, 3.8) is 0 Å². The first-order valence-corrected chi connectivity index (χ1v) is 8.57. The van der Waals surface area contributed by atoms with Crippen LogP contribution in [0, 0.1) is 10.1 Å². The number of nitro benzene ring substituents is 1. The van der Waals surface area contributed by atoms with Crippen LogP contribution in [0.3, 0.4) is 0 Å². The Labute approximate surface area is 161 Å². The minimum atomic E-state index is -0.424. The average Bonchev–Trinajstić information content (AvgIpc) is 2.70. The predicted octanol–water partition coefficient (Wildman–Crippen LogP) is 5.78. The number of nitrogens with zero attached hydrogens (tertiary/aromatic N) is 2. The Hall–Kier alpha value is -3.44. The second kappa shape index (κ2) is 8.78. The highest BCUT2D eigenvalue weighted by molar-refractivity contribution is 6.30. The number of hydrazone groups is 1. The molecule has 0 radical (unpaired) electrons. The molecule has 0 aliphatic heterocycles. The number of non-ortho nitro benzene ring substituents is 1. The van der Waals surface area contributed by atoms with E-state index in [4.69, 9.17) is 11.6 Å². The third-order valence-corrected chi connectivity index (χ3v) is 4.01. The summed E-state index contributed by atoms with van der Waals surface area (Å²) in [5.41, 5.74) is 6.26. The van der Waals surface area contributed by atoms with Crippen LogP contribution >= 0.6 is 11.6 Å². The second-order valence-corrected chi connectivity index (χ2v) is 6.10. The van der Waals surface area contributed by atoms with E-state index in [1.807, 2.05) is 66.7 Å². The molecule has 0 saturated carbocycles. The summed E-state index contributed by atoms with van der Waals surface area (Å²) >= 11 is 5.92. The topological polar surface area (TPSA) is 67.5 Å². The fourth-order valence-electron chi connectivity index (χ4n) is 2.34. The normalized spacial score (nSPS) is 11.5. The van der Waals surface area contributed by atoms with Crippen molar-refractivity contribution in [3.8, 4) is 0 Å². The van der Waals surface area contributed by atoms with Crippen LogP contribution in [0.25, 0.3) is 6.08 Å². The first kappa shape index (κ1) is 18.4. The molecule has 0 unspecified atom stereocenters. The van der Waals surface area contributed by atoms with Gasteiger partial charge in [-0.3, -0.25) is 15.5 Å². The van der Waals surface area contributed by atoms with Gasteiger partial charge in [-0.15, -0.1) is 0 Å². The van der Waals surface area contributed by atoms with Gasteiger partial charge in [0, 0.05) is 22.7 Å². The molecule has 0 amide bonds. The molecule has 0 spiro atoms. The van der Waals surface area contributed by atoms with Gasteiger partial charge < -0.3 is 0 Å². The standard InChI is InChI=1S/C21H16ClN3O2/c22-18-11-6-16(7-12-18)8-15-21(24-23-19-4-2-1-3-5-19)17-9-13-20(14-10-17)25(26)27/h1-15,23H. The highest BCUT2D eigenvalue weighted by atomic mass is 35.5. The van der Waals surface area contributed by atoms with Gasteiger partial charge in [-0.05, 0) is 48.0 Å². The van der Waals surface area contributed by atoms with Crippen molar-refractivity contribution in [1.29, 1.82) is 0 Å². The molecule has 3 rings (SSSR count). The van der Waals surface area contributed by atoms with E-state index in [0.29, 0.717) is 10.7 Å². The van der Waals surface area contributed by atoms with E-state index in [-0.39, 0.29) is 5.69 Å². The Morgan fingerprint density at radius 2 is 1.63 bits per heavy atom. The highest BCUT2D eigenvalue weighted by Gasteiger charge is 2.07. The lowest BCUT2D eigenvalue weighted by molar-refractivity contribution is -0.384. The zero-order valence-corrected chi connectivity index (χ0v) is 15.0. The van der Waals surface area contributed by atoms with E-state index in [9.17, 15) is 10.1 Å². The maximum Gasteiger partial charge on any atom is 0.269 e. The molecular formula is C21H16ClN3O2. The molecule has 0 saturated heterocycles. The highest BCUT2D eigenvalue weighted by Crippen LogP contribution is 2.15. The van der Waals surface area contributed by atoms with Crippen LogP contribution in [-0.4, -0.2) is 10.6 Å². The maximum atomic E-state index is 10.9. The van der Waals surface area contributed by atoms with Gasteiger partial charge in [-0.25, -0.2) is 0 Å². The Kier molecular flexibility index (Phi) is 5.97. The number of hydrogen-bond acceptors (Lipinski definition) is 4. The lowest BCUT2D eigenvalue weighted by Gasteiger charge is -2.05. The van der Waals surface area contributed by atoms with Crippen LogP contribution < -0.4 is 5.43 Å². The monoisotopic (exact) mass is 377 g/mol. The van der Waals surface area contributed by atoms with Crippen LogP contribution in [-0.2, 0) is 0 Å². The molecule has 5 nitrogen and oxygen atoms in total. The van der Waals surface area contributed by atoms with Crippen LogP contribution in [0.4, 0.5) is 11.4 Å². The number of anilines is 1. The van der Waals surface area contributed by atoms with Crippen LogP contribution in [0.2, 0.25) is 5.02 Å². The molecule has 0 fully saturated rings. The second-order valence-electron chi connectivity index (χ2n) is 5.66. The van der Waals surface area contributed by atoms with Crippen molar-refractivity contribution < 1.29 is 4.92 Å². The largest absolute Gasteiger partial charge is 0.278 e. The van der Waals surface area contributed by atoms with Crippen molar-refractivity contribution in [2.75, 3.05) is 5.43 Å². The third kappa shape index (κ3) is 5.26. The van der Waals surface area contributed by atoms with E-state index < -0.39 is 4.92 Å². The van der Waals surface area contributed by atoms with Crippen molar-refractivity contribution in [1.82, 2.24) is 0 Å². The molecule has 0 aromatic heterocycles. The molecule has 0 bridgehead atoms. The first-order valence-electron chi connectivity index (χ1n) is 8.19. The minimum Gasteiger partial charge on any atom is -0.278 e. The molecule has 0 aliphatic rings. The van der Waals surface area contributed by atoms with Crippen LogP contribution in [0.5, 0.6) is 0 Å². The summed E-state index contributed by atoms with van der Waals surface area (Å²) in [4.78, 5) is 10.4. The Morgan fingerprint density at radius 3 is 2.26 bits per heavy atom. The quantitative estimate of drug-likeness (QED) is 0.336. The molecule has 3 aromatic carbocycles. The Balaban J connectivity index is 1.90. The number of nitro groups is 1. The van der Waals surface area contributed by atoms with E-state index in [1.54, 1.807) is 12.1 Å². The molecule has 0 heterocycles. The number of nitrogens with one attached hydrogen (secondary N) is 1. The Morgan fingerprint density at radius 1 is 0.963 bits per heavy atom. The molecule has 6 heteroatoms. The van der Waals surface area contributed by atoms with Gasteiger partial charge in [0.15, 0.2) is 0 Å². The number of rotatable bonds is 6. The molecule has 27 heavy (non-hydrogen) atoms. The smallest absolute Gasteiger partial charge is 0.269 e. The van der Waals surface area contributed by atoms with Gasteiger partial charge in [-0.1, -0.05) is 48.0 Å². The van der Waals surface area contributed by atoms with Crippen LogP contribution in [0.15, 0.2) is 90.0 Å². The van der Waals surface area contributed by atoms with Crippen molar-refractivity contribution >= 4 is 34.8 Å². The summed E-state index contributed by atoms with van der Waals surface area (Å²) in [6.07, 6.45) is 3.75. The van der Waals surface area contributed by atoms with Crippen molar-refractivity contribution in [3.05, 3.63) is 111 Å².